The number of esters is 1. The van der Waals surface area contributed by atoms with E-state index in [1.54, 1.807) is 0 Å². The van der Waals surface area contributed by atoms with Gasteiger partial charge < -0.3 is 18.9 Å². The third-order valence-electron chi connectivity index (χ3n) is 4.96. The molecule has 0 aromatic heterocycles. The Morgan fingerprint density at radius 1 is 1.29 bits per heavy atom. The van der Waals surface area contributed by atoms with Gasteiger partial charge in [-0.05, 0) is 51.0 Å². The van der Waals surface area contributed by atoms with E-state index >= 15 is 0 Å². The van der Waals surface area contributed by atoms with Gasteiger partial charge in [0, 0.05) is 25.6 Å². The smallest absolute Gasteiger partial charge is 0.337 e. The van der Waals surface area contributed by atoms with Crippen LogP contribution >= 0.6 is 0 Å². The molecule has 0 amide bonds. The fourth-order valence-corrected chi connectivity index (χ4v) is 3.68. The van der Waals surface area contributed by atoms with Crippen LogP contribution in [0.4, 0.5) is 0 Å². The minimum atomic E-state index is -0.236. The van der Waals surface area contributed by atoms with Crippen LogP contribution in [0.25, 0.3) is 0 Å². The summed E-state index contributed by atoms with van der Waals surface area (Å²) in [6.45, 7) is 1.50. The van der Waals surface area contributed by atoms with Crippen molar-refractivity contribution in [2.75, 3.05) is 20.3 Å². The van der Waals surface area contributed by atoms with Crippen LogP contribution < -0.4 is 0 Å². The number of hydrogen-bond acceptors (Lipinski definition) is 5. The van der Waals surface area contributed by atoms with Gasteiger partial charge in [0.2, 0.25) is 0 Å². The number of rotatable bonds is 7. The minimum Gasteiger partial charge on any atom is -0.489 e. The molecule has 0 aromatic carbocycles. The Balaban J connectivity index is 1.47. The first-order valence-corrected chi connectivity index (χ1v) is 9.17. The topological polar surface area (TPSA) is 54.0 Å². The second-order valence-electron chi connectivity index (χ2n) is 6.65. The zero-order valence-corrected chi connectivity index (χ0v) is 14.5. The molecule has 134 valence electrons. The molecule has 0 aromatic rings. The summed E-state index contributed by atoms with van der Waals surface area (Å²) in [5.74, 6) is 0.737. The van der Waals surface area contributed by atoms with Gasteiger partial charge in [0.05, 0.1) is 12.7 Å². The number of ether oxygens (including phenoxy) is 4. The highest BCUT2D eigenvalue weighted by molar-refractivity contribution is 5.90. The number of fused-ring (bicyclic) bond motifs is 1. The van der Waals surface area contributed by atoms with E-state index in [9.17, 15) is 4.79 Å². The Morgan fingerprint density at radius 2 is 2.21 bits per heavy atom. The summed E-state index contributed by atoms with van der Waals surface area (Å²) in [6.07, 6.45) is 12.1. The molecule has 1 fully saturated rings. The van der Waals surface area contributed by atoms with Gasteiger partial charge in [0.15, 0.2) is 6.29 Å². The Hall–Kier alpha value is -1.33. The molecule has 3 rings (SSSR count). The Bertz CT molecular complexity index is 490. The molecule has 1 aliphatic carbocycles. The number of carbonyl (C=O) groups is 1. The van der Waals surface area contributed by atoms with Crippen molar-refractivity contribution in [2.24, 2.45) is 5.92 Å². The van der Waals surface area contributed by atoms with Crippen molar-refractivity contribution in [3.05, 3.63) is 23.5 Å². The van der Waals surface area contributed by atoms with Gasteiger partial charge in [-0.1, -0.05) is 6.08 Å². The van der Waals surface area contributed by atoms with Gasteiger partial charge in [-0.2, -0.15) is 0 Å². The van der Waals surface area contributed by atoms with Crippen molar-refractivity contribution in [3.63, 3.8) is 0 Å². The molecular weight excluding hydrogens is 308 g/mol. The van der Waals surface area contributed by atoms with Gasteiger partial charge in [-0.25, -0.2) is 4.79 Å². The van der Waals surface area contributed by atoms with Crippen LogP contribution in [0.5, 0.6) is 0 Å². The molecule has 2 aliphatic heterocycles. The minimum absolute atomic E-state index is 0.00902. The molecule has 1 saturated heterocycles. The summed E-state index contributed by atoms with van der Waals surface area (Å²) in [6, 6.07) is 0. The van der Waals surface area contributed by atoms with Crippen molar-refractivity contribution in [3.8, 4) is 0 Å². The van der Waals surface area contributed by atoms with E-state index in [0.717, 1.165) is 62.9 Å². The maximum absolute atomic E-state index is 12.1. The molecule has 0 radical (unpaired) electrons. The number of unbranched alkanes of at least 4 members (excludes halogenated alkanes) is 1. The molecule has 1 unspecified atom stereocenters. The SMILES string of the molecule is COC(=O)C1=C(CCCCOC2CCCCO2)O[C@H]2C=CCC[C@@H]12. The summed E-state index contributed by atoms with van der Waals surface area (Å²) in [7, 11) is 1.44. The Labute approximate surface area is 144 Å². The second-order valence-corrected chi connectivity index (χ2v) is 6.65. The van der Waals surface area contributed by atoms with Gasteiger partial charge in [0.25, 0.3) is 0 Å². The lowest BCUT2D eigenvalue weighted by atomic mass is 9.86. The van der Waals surface area contributed by atoms with Crippen LogP contribution in [-0.2, 0) is 23.7 Å². The highest BCUT2D eigenvalue weighted by atomic mass is 16.7. The lowest BCUT2D eigenvalue weighted by molar-refractivity contribution is -0.162. The maximum atomic E-state index is 12.1. The van der Waals surface area contributed by atoms with Crippen molar-refractivity contribution in [2.45, 2.75) is 63.8 Å². The first-order chi connectivity index (χ1) is 11.8. The second kappa shape index (κ2) is 8.67. The zero-order valence-electron chi connectivity index (χ0n) is 14.5. The van der Waals surface area contributed by atoms with Gasteiger partial charge in [-0.3, -0.25) is 0 Å². The van der Waals surface area contributed by atoms with Crippen molar-refractivity contribution < 1.29 is 23.7 Å². The monoisotopic (exact) mass is 336 g/mol. The van der Waals surface area contributed by atoms with Crippen LogP contribution in [0.1, 0.15) is 51.4 Å². The zero-order chi connectivity index (χ0) is 16.8. The summed E-state index contributed by atoms with van der Waals surface area (Å²) < 4.78 is 22.3. The van der Waals surface area contributed by atoms with Gasteiger partial charge >= 0.3 is 5.97 Å². The normalized spacial score (nSPS) is 29.3. The molecule has 3 aliphatic rings. The predicted molar refractivity (Wildman–Crippen MR) is 89.2 cm³/mol. The molecule has 5 heteroatoms. The summed E-state index contributed by atoms with van der Waals surface area (Å²) in [5.41, 5.74) is 0.753. The fraction of sp³-hybridized carbons (Fsp3) is 0.737. The number of hydrogen-bond donors (Lipinski definition) is 0. The average molecular weight is 336 g/mol. The van der Waals surface area contributed by atoms with Crippen molar-refractivity contribution in [1.29, 1.82) is 0 Å². The van der Waals surface area contributed by atoms with Gasteiger partial charge in [-0.15, -0.1) is 0 Å². The molecule has 2 heterocycles. The molecule has 0 N–H and O–H groups in total. The highest BCUT2D eigenvalue weighted by Crippen LogP contribution is 2.40. The third-order valence-corrected chi connectivity index (χ3v) is 4.96. The Morgan fingerprint density at radius 3 is 3.00 bits per heavy atom. The third kappa shape index (κ3) is 4.19. The Kier molecular flexibility index (Phi) is 6.32. The van der Waals surface area contributed by atoms with Crippen molar-refractivity contribution >= 4 is 5.97 Å². The highest BCUT2D eigenvalue weighted by Gasteiger charge is 2.39. The fourth-order valence-electron chi connectivity index (χ4n) is 3.68. The standard InChI is InChI=1S/C19H28O5/c1-21-19(20)18-14-8-2-3-9-15(14)24-16(18)10-4-6-12-22-17-11-5-7-13-23-17/h3,9,14-15,17H,2,4-8,10-13H2,1H3/t14-,15+,17?/m1/s1. The molecule has 0 saturated carbocycles. The first-order valence-electron chi connectivity index (χ1n) is 9.17. The van der Waals surface area contributed by atoms with Crippen LogP contribution in [0.3, 0.4) is 0 Å². The van der Waals surface area contributed by atoms with Gasteiger partial charge in [0.1, 0.15) is 11.9 Å². The van der Waals surface area contributed by atoms with Crippen LogP contribution in [0, 0.1) is 5.92 Å². The van der Waals surface area contributed by atoms with E-state index in [0.29, 0.717) is 6.61 Å². The van der Waals surface area contributed by atoms with Crippen LogP contribution in [0.15, 0.2) is 23.5 Å². The average Bonchev–Trinajstić information content (AvgIpc) is 3.00. The van der Waals surface area contributed by atoms with E-state index in [1.165, 1.54) is 13.5 Å². The van der Waals surface area contributed by atoms with E-state index in [2.05, 4.69) is 12.2 Å². The van der Waals surface area contributed by atoms with E-state index in [1.807, 2.05) is 0 Å². The summed E-state index contributed by atoms with van der Waals surface area (Å²) in [5, 5.41) is 0. The van der Waals surface area contributed by atoms with E-state index < -0.39 is 0 Å². The lowest BCUT2D eigenvalue weighted by Gasteiger charge is -2.22. The lowest BCUT2D eigenvalue weighted by Crippen LogP contribution is -2.22. The summed E-state index contributed by atoms with van der Waals surface area (Å²) in [4.78, 5) is 12.1. The molecule has 3 atom stereocenters. The predicted octanol–water partition coefficient (Wildman–Crippen LogP) is 3.49. The van der Waals surface area contributed by atoms with E-state index in [4.69, 9.17) is 18.9 Å². The summed E-state index contributed by atoms with van der Waals surface area (Å²) >= 11 is 0. The molecule has 24 heavy (non-hydrogen) atoms. The largest absolute Gasteiger partial charge is 0.489 e. The molecule has 0 bridgehead atoms. The van der Waals surface area contributed by atoms with Crippen LogP contribution in [0.2, 0.25) is 0 Å². The van der Waals surface area contributed by atoms with Crippen molar-refractivity contribution in [1.82, 2.24) is 0 Å². The molecule has 5 nitrogen and oxygen atoms in total. The van der Waals surface area contributed by atoms with E-state index in [-0.39, 0.29) is 24.3 Å². The maximum Gasteiger partial charge on any atom is 0.337 e. The molecular formula is C19H28O5. The van der Waals surface area contributed by atoms with Crippen LogP contribution in [-0.4, -0.2) is 38.7 Å². The quantitative estimate of drug-likeness (QED) is 0.405. The number of allylic oxidation sites excluding steroid dienone is 2. The number of methoxy groups -OCH3 is 1. The molecule has 0 spiro atoms. The first kappa shape index (κ1) is 17.5. The number of carbonyl (C=O) groups excluding carboxylic acids is 1.